The number of benzene rings is 2. The van der Waals surface area contributed by atoms with Gasteiger partial charge in [-0.25, -0.2) is 0 Å². The van der Waals surface area contributed by atoms with E-state index in [1.165, 1.54) is 25.3 Å². The van der Waals surface area contributed by atoms with Crippen molar-refractivity contribution in [3.63, 3.8) is 0 Å². The minimum atomic E-state index is -0.543. The molecule has 2 aromatic carbocycles. The molecule has 0 radical (unpaired) electrons. The molecule has 3 N–H and O–H groups in total. The molecule has 0 aromatic heterocycles. The highest BCUT2D eigenvalue weighted by molar-refractivity contribution is 7.80. The number of rotatable bonds is 5. The third-order valence-corrected chi connectivity index (χ3v) is 3.90. The van der Waals surface area contributed by atoms with Gasteiger partial charge in [0.15, 0.2) is 23.2 Å². The molecule has 0 bridgehead atoms. The number of carbonyl (C=O) groups is 2. The van der Waals surface area contributed by atoms with Crippen LogP contribution in [0.3, 0.4) is 0 Å². The van der Waals surface area contributed by atoms with E-state index in [1.54, 1.807) is 24.3 Å². The SMILES string of the molecule is COc1ccccc1OCC(=O)NC(=S)NNC(=O)c1ccc(Cl)cc1Cl. The molecule has 10 heteroatoms. The smallest absolute Gasteiger partial charge is 0.271 e. The summed E-state index contributed by atoms with van der Waals surface area (Å²) >= 11 is 16.7. The second kappa shape index (κ2) is 9.96. The van der Waals surface area contributed by atoms with Crippen LogP contribution in [0.4, 0.5) is 0 Å². The first-order valence-electron chi connectivity index (χ1n) is 7.51. The molecule has 142 valence electrons. The maximum Gasteiger partial charge on any atom is 0.271 e. The van der Waals surface area contributed by atoms with Crippen molar-refractivity contribution in [1.29, 1.82) is 0 Å². The lowest BCUT2D eigenvalue weighted by Crippen LogP contribution is -2.49. The van der Waals surface area contributed by atoms with Gasteiger partial charge in [-0.15, -0.1) is 0 Å². The van der Waals surface area contributed by atoms with Crippen molar-refractivity contribution >= 4 is 52.3 Å². The van der Waals surface area contributed by atoms with E-state index in [-0.39, 0.29) is 22.3 Å². The number of hydrazine groups is 1. The minimum Gasteiger partial charge on any atom is -0.493 e. The maximum absolute atomic E-state index is 12.0. The fraction of sp³-hybridized carbons (Fsp3) is 0.118. The van der Waals surface area contributed by atoms with Crippen molar-refractivity contribution in [1.82, 2.24) is 16.2 Å². The zero-order valence-electron chi connectivity index (χ0n) is 14.0. The zero-order chi connectivity index (χ0) is 19.8. The van der Waals surface area contributed by atoms with E-state index in [4.69, 9.17) is 44.9 Å². The molecule has 0 aliphatic heterocycles. The fourth-order valence-electron chi connectivity index (χ4n) is 1.93. The summed E-state index contributed by atoms with van der Waals surface area (Å²) < 4.78 is 10.5. The van der Waals surface area contributed by atoms with Gasteiger partial charge in [-0.1, -0.05) is 35.3 Å². The Labute approximate surface area is 170 Å². The Morgan fingerprint density at radius 1 is 1.07 bits per heavy atom. The average molecular weight is 428 g/mol. The number of hydrogen-bond acceptors (Lipinski definition) is 5. The summed E-state index contributed by atoms with van der Waals surface area (Å²) in [6.07, 6.45) is 0. The third-order valence-electron chi connectivity index (χ3n) is 3.15. The van der Waals surface area contributed by atoms with Crippen molar-refractivity contribution < 1.29 is 19.1 Å². The quantitative estimate of drug-likeness (QED) is 0.502. The number of ether oxygens (including phenoxy) is 2. The molecular formula is C17H15Cl2N3O4S. The zero-order valence-corrected chi connectivity index (χ0v) is 16.4. The van der Waals surface area contributed by atoms with Crippen LogP contribution >= 0.6 is 35.4 Å². The standard InChI is InChI=1S/C17H15Cl2N3O4S/c1-25-13-4-2-3-5-14(13)26-9-15(23)20-17(27)22-21-16(24)11-7-6-10(18)8-12(11)19/h2-8H,9H2,1H3,(H,21,24)(H2,20,22,23,27). The van der Waals surface area contributed by atoms with Gasteiger partial charge in [0, 0.05) is 5.02 Å². The minimum absolute atomic E-state index is 0.109. The lowest BCUT2D eigenvalue weighted by Gasteiger charge is -2.13. The molecule has 2 rings (SSSR count). The van der Waals surface area contributed by atoms with Gasteiger partial charge in [-0.3, -0.25) is 25.8 Å². The molecule has 0 unspecified atom stereocenters. The first kappa shape index (κ1) is 20.8. The van der Waals surface area contributed by atoms with Crippen LogP contribution < -0.4 is 25.6 Å². The fourth-order valence-corrected chi connectivity index (χ4v) is 2.59. The van der Waals surface area contributed by atoms with Gasteiger partial charge in [0.2, 0.25) is 0 Å². The summed E-state index contributed by atoms with van der Waals surface area (Å²) in [5.74, 6) is -0.145. The van der Waals surface area contributed by atoms with Crippen LogP contribution in [0.1, 0.15) is 10.4 Å². The summed E-state index contributed by atoms with van der Waals surface area (Å²) in [6, 6.07) is 11.3. The Bertz CT molecular complexity index is 864. The lowest BCUT2D eigenvalue weighted by atomic mass is 10.2. The Morgan fingerprint density at radius 2 is 1.78 bits per heavy atom. The third kappa shape index (κ3) is 6.28. The van der Waals surface area contributed by atoms with Gasteiger partial charge in [0.05, 0.1) is 17.7 Å². The summed E-state index contributed by atoms with van der Waals surface area (Å²) in [7, 11) is 1.50. The number of nitrogens with one attached hydrogen (secondary N) is 3. The molecule has 0 atom stereocenters. The summed E-state index contributed by atoms with van der Waals surface area (Å²) in [5.41, 5.74) is 4.92. The predicted octanol–water partition coefficient (Wildman–Crippen LogP) is 2.72. The van der Waals surface area contributed by atoms with Gasteiger partial charge >= 0.3 is 0 Å². The topological polar surface area (TPSA) is 88.7 Å². The molecule has 0 aliphatic rings. The van der Waals surface area contributed by atoms with Crippen LogP contribution in [0.15, 0.2) is 42.5 Å². The molecule has 0 heterocycles. The number of hydrogen-bond donors (Lipinski definition) is 3. The largest absolute Gasteiger partial charge is 0.493 e. The highest BCUT2D eigenvalue weighted by atomic mass is 35.5. The Hall–Kier alpha value is -2.55. The second-order valence-electron chi connectivity index (χ2n) is 5.02. The highest BCUT2D eigenvalue weighted by Gasteiger charge is 2.12. The Balaban J connectivity index is 1.79. The van der Waals surface area contributed by atoms with Gasteiger partial charge < -0.3 is 9.47 Å². The highest BCUT2D eigenvalue weighted by Crippen LogP contribution is 2.25. The Morgan fingerprint density at radius 3 is 2.44 bits per heavy atom. The average Bonchev–Trinajstić information content (AvgIpc) is 2.64. The normalized spacial score (nSPS) is 9.89. The van der Waals surface area contributed by atoms with E-state index < -0.39 is 11.8 Å². The molecule has 0 fully saturated rings. The number of amides is 2. The number of halogens is 2. The van der Waals surface area contributed by atoms with E-state index in [1.807, 2.05) is 0 Å². The molecule has 2 aromatic rings. The molecule has 0 saturated carbocycles. The van der Waals surface area contributed by atoms with Crippen molar-refractivity contribution in [2.75, 3.05) is 13.7 Å². The molecule has 0 aliphatic carbocycles. The first-order valence-corrected chi connectivity index (χ1v) is 8.68. The maximum atomic E-state index is 12.0. The van der Waals surface area contributed by atoms with Crippen LogP contribution in [-0.4, -0.2) is 30.6 Å². The van der Waals surface area contributed by atoms with E-state index in [0.29, 0.717) is 16.5 Å². The van der Waals surface area contributed by atoms with Gasteiger partial charge in [-0.05, 0) is 42.5 Å². The summed E-state index contributed by atoms with van der Waals surface area (Å²) in [6.45, 7) is -0.293. The van der Waals surface area contributed by atoms with Gasteiger partial charge in [0.25, 0.3) is 11.8 Å². The van der Waals surface area contributed by atoms with Gasteiger partial charge in [0.1, 0.15) is 0 Å². The van der Waals surface area contributed by atoms with E-state index in [2.05, 4.69) is 16.2 Å². The predicted molar refractivity (Wildman–Crippen MR) is 106 cm³/mol. The molecule has 27 heavy (non-hydrogen) atoms. The van der Waals surface area contributed by atoms with Crippen LogP contribution in [0.25, 0.3) is 0 Å². The first-order chi connectivity index (χ1) is 12.9. The summed E-state index contributed by atoms with van der Waals surface area (Å²) in [5, 5.41) is 2.84. The van der Waals surface area contributed by atoms with Crippen LogP contribution in [0.2, 0.25) is 10.0 Å². The lowest BCUT2D eigenvalue weighted by molar-refractivity contribution is -0.121. The molecule has 7 nitrogen and oxygen atoms in total. The molecule has 0 spiro atoms. The van der Waals surface area contributed by atoms with E-state index >= 15 is 0 Å². The van der Waals surface area contributed by atoms with Crippen molar-refractivity contribution in [3.05, 3.63) is 58.1 Å². The van der Waals surface area contributed by atoms with Crippen LogP contribution in [0.5, 0.6) is 11.5 Å². The van der Waals surface area contributed by atoms with Crippen LogP contribution in [-0.2, 0) is 4.79 Å². The number of carbonyl (C=O) groups excluding carboxylic acids is 2. The van der Waals surface area contributed by atoms with Crippen LogP contribution in [0, 0.1) is 0 Å². The number of thiocarbonyl (C=S) groups is 1. The monoisotopic (exact) mass is 427 g/mol. The molecular weight excluding hydrogens is 413 g/mol. The molecule has 0 saturated heterocycles. The van der Waals surface area contributed by atoms with Gasteiger partial charge in [-0.2, -0.15) is 0 Å². The van der Waals surface area contributed by atoms with E-state index in [9.17, 15) is 9.59 Å². The molecule has 2 amide bonds. The summed E-state index contributed by atoms with van der Waals surface area (Å²) in [4.78, 5) is 23.9. The van der Waals surface area contributed by atoms with E-state index in [0.717, 1.165) is 0 Å². The van der Waals surface area contributed by atoms with Crippen molar-refractivity contribution in [3.8, 4) is 11.5 Å². The second-order valence-corrected chi connectivity index (χ2v) is 6.27. The number of para-hydroxylation sites is 2. The Kier molecular flexibility index (Phi) is 7.66. The number of methoxy groups -OCH3 is 1. The van der Waals surface area contributed by atoms with Crippen molar-refractivity contribution in [2.24, 2.45) is 0 Å². The van der Waals surface area contributed by atoms with Crippen molar-refractivity contribution in [2.45, 2.75) is 0 Å².